The lowest BCUT2D eigenvalue weighted by Crippen LogP contribution is -2.47. The first kappa shape index (κ1) is 26.9. The van der Waals surface area contributed by atoms with Crippen LogP contribution in [-0.2, 0) is 14.3 Å². The normalized spacial score (nSPS) is 15.0. The summed E-state index contributed by atoms with van der Waals surface area (Å²) in [5.74, 6) is -0.770. The lowest BCUT2D eigenvalue weighted by molar-refractivity contribution is -0.164. The van der Waals surface area contributed by atoms with Gasteiger partial charge in [0.05, 0.1) is 11.8 Å². The van der Waals surface area contributed by atoms with Crippen LogP contribution in [0.3, 0.4) is 0 Å². The molecule has 2 N–H and O–H groups in total. The average molecular weight is 431 g/mol. The molecule has 5 heteroatoms. The Balaban J connectivity index is 3.03. The first-order valence-electron chi connectivity index (χ1n) is 11.5. The van der Waals surface area contributed by atoms with Gasteiger partial charge >= 0.3 is 5.97 Å². The molecule has 0 saturated heterocycles. The molecular formula is C26H42N2O3. The van der Waals surface area contributed by atoms with Gasteiger partial charge in [0.25, 0.3) is 0 Å². The molecule has 1 amide bonds. The predicted octanol–water partition coefficient (Wildman–Crippen LogP) is 5.38. The largest absolute Gasteiger partial charge is 0.460 e. The highest BCUT2D eigenvalue weighted by Gasteiger charge is 2.36. The SMILES string of the molecule is CC[C@H](C)CNNC(=O)[C@H](CC(C)C)[C@H](C/C=C/c1ccccc1)C(=O)OC(C)(C)C. The molecule has 0 aromatic heterocycles. The van der Waals surface area contributed by atoms with Crippen molar-refractivity contribution in [3.63, 3.8) is 0 Å². The molecule has 1 aromatic carbocycles. The fourth-order valence-corrected chi connectivity index (χ4v) is 3.23. The van der Waals surface area contributed by atoms with Gasteiger partial charge in [0.1, 0.15) is 5.60 Å². The summed E-state index contributed by atoms with van der Waals surface area (Å²) in [5.41, 5.74) is 6.34. The Labute approximate surface area is 189 Å². The Morgan fingerprint density at radius 2 is 1.71 bits per heavy atom. The molecule has 174 valence electrons. The predicted molar refractivity (Wildman–Crippen MR) is 128 cm³/mol. The van der Waals surface area contributed by atoms with E-state index in [-0.39, 0.29) is 17.8 Å². The zero-order valence-corrected chi connectivity index (χ0v) is 20.4. The van der Waals surface area contributed by atoms with E-state index >= 15 is 0 Å². The second kappa shape index (κ2) is 13.3. The van der Waals surface area contributed by atoms with Crippen LogP contribution in [0.2, 0.25) is 0 Å². The Kier molecular flexibility index (Phi) is 11.5. The summed E-state index contributed by atoms with van der Waals surface area (Å²) in [7, 11) is 0. The number of ether oxygens (including phenoxy) is 1. The van der Waals surface area contributed by atoms with Crippen LogP contribution in [0.25, 0.3) is 6.08 Å². The number of benzene rings is 1. The van der Waals surface area contributed by atoms with E-state index in [0.717, 1.165) is 12.0 Å². The number of allylic oxidation sites excluding steroid dienone is 1. The molecule has 0 aliphatic carbocycles. The summed E-state index contributed by atoms with van der Waals surface area (Å²) in [6, 6.07) is 9.94. The molecule has 5 nitrogen and oxygen atoms in total. The summed E-state index contributed by atoms with van der Waals surface area (Å²) in [5, 5.41) is 0. The summed E-state index contributed by atoms with van der Waals surface area (Å²) < 4.78 is 5.70. The second-order valence-electron chi connectivity index (χ2n) is 9.81. The molecule has 0 bridgehead atoms. The molecule has 0 aliphatic heterocycles. The van der Waals surface area contributed by atoms with Crippen LogP contribution >= 0.6 is 0 Å². The molecule has 1 aromatic rings. The number of nitrogens with one attached hydrogen (secondary N) is 2. The molecule has 0 aliphatic rings. The van der Waals surface area contributed by atoms with Crippen LogP contribution in [0, 0.1) is 23.7 Å². The molecule has 0 fully saturated rings. The highest BCUT2D eigenvalue weighted by molar-refractivity contribution is 5.85. The zero-order valence-electron chi connectivity index (χ0n) is 20.4. The molecule has 0 radical (unpaired) electrons. The third-order valence-corrected chi connectivity index (χ3v) is 5.12. The van der Waals surface area contributed by atoms with E-state index in [9.17, 15) is 9.59 Å². The van der Waals surface area contributed by atoms with Crippen LogP contribution in [0.4, 0.5) is 0 Å². The van der Waals surface area contributed by atoms with Gasteiger partial charge in [0, 0.05) is 6.54 Å². The number of hydrogen-bond donors (Lipinski definition) is 2. The molecule has 3 atom stereocenters. The zero-order chi connectivity index (χ0) is 23.4. The minimum atomic E-state index is -0.605. The van der Waals surface area contributed by atoms with Crippen LogP contribution in [-0.4, -0.2) is 24.0 Å². The number of amides is 1. The van der Waals surface area contributed by atoms with Crippen molar-refractivity contribution >= 4 is 18.0 Å². The van der Waals surface area contributed by atoms with Crippen molar-refractivity contribution in [3.05, 3.63) is 42.0 Å². The maximum atomic E-state index is 13.1. The summed E-state index contributed by atoms with van der Waals surface area (Å²) in [6.45, 7) is 14.6. The maximum absolute atomic E-state index is 13.1. The van der Waals surface area contributed by atoms with Gasteiger partial charge in [-0.2, -0.15) is 0 Å². The monoisotopic (exact) mass is 430 g/mol. The average Bonchev–Trinajstić information content (AvgIpc) is 2.68. The number of rotatable bonds is 12. The summed E-state index contributed by atoms with van der Waals surface area (Å²) in [4.78, 5) is 26.2. The van der Waals surface area contributed by atoms with Crippen molar-refractivity contribution in [1.82, 2.24) is 10.9 Å². The third kappa shape index (κ3) is 11.2. The number of carbonyl (C=O) groups excluding carboxylic acids is 2. The van der Waals surface area contributed by atoms with Gasteiger partial charge in [-0.1, -0.05) is 76.6 Å². The highest BCUT2D eigenvalue weighted by atomic mass is 16.6. The number of hydrogen-bond acceptors (Lipinski definition) is 4. The first-order valence-corrected chi connectivity index (χ1v) is 11.5. The smallest absolute Gasteiger partial charge is 0.310 e. The fourth-order valence-electron chi connectivity index (χ4n) is 3.23. The van der Waals surface area contributed by atoms with Gasteiger partial charge in [-0.3, -0.25) is 15.0 Å². The van der Waals surface area contributed by atoms with E-state index in [1.807, 2.05) is 63.3 Å². The lowest BCUT2D eigenvalue weighted by atomic mass is 9.82. The Bertz CT molecular complexity index is 692. The van der Waals surface area contributed by atoms with Crippen LogP contribution < -0.4 is 10.9 Å². The molecule has 1 rings (SSSR count). The van der Waals surface area contributed by atoms with E-state index in [1.54, 1.807) is 0 Å². The fraction of sp³-hybridized carbons (Fsp3) is 0.615. The van der Waals surface area contributed by atoms with Crippen molar-refractivity contribution < 1.29 is 14.3 Å². The minimum Gasteiger partial charge on any atom is -0.460 e. The Morgan fingerprint density at radius 3 is 2.26 bits per heavy atom. The topological polar surface area (TPSA) is 67.4 Å². The Hall–Kier alpha value is -2.14. The van der Waals surface area contributed by atoms with Gasteiger partial charge in [-0.15, -0.1) is 0 Å². The van der Waals surface area contributed by atoms with Crippen molar-refractivity contribution in [2.75, 3.05) is 6.54 Å². The summed E-state index contributed by atoms with van der Waals surface area (Å²) in [6.07, 6.45) is 6.04. The number of esters is 1. The van der Waals surface area contributed by atoms with Crippen LogP contribution in [0.1, 0.15) is 73.3 Å². The first-order chi connectivity index (χ1) is 14.5. The lowest BCUT2D eigenvalue weighted by Gasteiger charge is -2.29. The van der Waals surface area contributed by atoms with Gasteiger partial charge in [-0.25, -0.2) is 5.43 Å². The van der Waals surface area contributed by atoms with Crippen molar-refractivity contribution in [2.45, 2.75) is 73.3 Å². The molecular weight excluding hydrogens is 388 g/mol. The molecule has 31 heavy (non-hydrogen) atoms. The van der Waals surface area contributed by atoms with Gasteiger partial charge < -0.3 is 4.74 Å². The van der Waals surface area contributed by atoms with Crippen molar-refractivity contribution in [3.8, 4) is 0 Å². The van der Waals surface area contributed by atoms with E-state index in [2.05, 4.69) is 38.5 Å². The van der Waals surface area contributed by atoms with Crippen LogP contribution in [0.5, 0.6) is 0 Å². The number of hydrazine groups is 1. The second-order valence-corrected chi connectivity index (χ2v) is 9.81. The van der Waals surface area contributed by atoms with Crippen molar-refractivity contribution in [1.29, 1.82) is 0 Å². The van der Waals surface area contributed by atoms with Crippen LogP contribution in [0.15, 0.2) is 36.4 Å². The quantitative estimate of drug-likeness (QED) is 0.345. The van der Waals surface area contributed by atoms with Crippen molar-refractivity contribution in [2.24, 2.45) is 23.7 Å². The van der Waals surface area contributed by atoms with Gasteiger partial charge in [0.15, 0.2) is 0 Å². The third-order valence-electron chi connectivity index (χ3n) is 5.12. The molecule has 0 heterocycles. The standard InChI is InChI=1S/C26H42N2O3/c1-8-20(4)18-27-28-24(29)23(17-19(2)3)22(25(30)31-26(5,6)7)16-12-15-21-13-10-9-11-14-21/h9-15,19-20,22-23,27H,8,16-18H2,1-7H3,(H,28,29)/b15-12+/t20-,22-,23+/m0/s1. The van der Waals surface area contributed by atoms with E-state index in [1.165, 1.54) is 0 Å². The maximum Gasteiger partial charge on any atom is 0.310 e. The highest BCUT2D eigenvalue weighted by Crippen LogP contribution is 2.28. The van der Waals surface area contributed by atoms with E-state index < -0.39 is 17.4 Å². The number of carbonyl (C=O) groups is 2. The minimum absolute atomic E-state index is 0.152. The summed E-state index contributed by atoms with van der Waals surface area (Å²) >= 11 is 0. The van der Waals surface area contributed by atoms with Gasteiger partial charge in [0.2, 0.25) is 5.91 Å². The molecule has 0 saturated carbocycles. The van der Waals surface area contributed by atoms with Gasteiger partial charge in [-0.05, 0) is 51.0 Å². The Morgan fingerprint density at radius 1 is 1.06 bits per heavy atom. The van der Waals surface area contributed by atoms with E-state index in [4.69, 9.17) is 4.74 Å². The van der Waals surface area contributed by atoms with E-state index in [0.29, 0.717) is 25.3 Å². The molecule has 0 unspecified atom stereocenters. The molecule has 0 spiro atoms.